The van der Waals surface area contributed by atoms with Crippen molar-refractivity contribution in [2.45, 2.75) is 45.4 Å². The normalized spacial score (nSPS) is 11.5. The van der Waals surface area contributed by atoms with Crippen molar-refractivity contribution in [3.05, 3.63) is 52.7 Å². The molecule has 112 valence electrons. The van der Waals surface area contributed by atoms with E-state index in [-0.39, 0.29) is 5.41 Å². The van der Waals surface area contributed by atoms with Crippen LogP contribution in [0.3, 0.4) is 0 Å². The summed E-state index contributed by atoms with van der Waals surface area (Å²) in [6.07, 6.45) is 1.84. The molecule has 2 aromatic rings. The van der Waals surface area contributed by atoms with Crippen LogP contribution in [-0.4, -0.2) is 4.98 Å². The Morgan fingerprint density at radius 2 is 1.81 bits per heavy atom. The van der Waals surface area contributed by atoms with Crippen LogP contribution in [-0.2, 0) is 10.7 Å². The van der Waals surface area contributed by atoms with Crippen LogP contribution in [0.5, 0.6) is 11.6 Å². The van der Waals surface area contributed by atoms with Gasteiger partial charge in [-0.05, 0) is 48.1 Å². The smallest absolute Gasteiger partial charge is 0.222 e. The van der Waals surface area contributed by atoms with Gasteiger partial charge in [0.05, 0.1) is 0 Å². The van der Waals surface area contributed by atoms with Crippen LogP contribution in [0.2, 0.25) is 0 Å². The molecule has 3 heteroatoms. The number of alkyl halides is 1. The molecular weight excluding hydrogens is 326 g/mol. The zero-order valence-electron chi connectivity index (χ0n) is 13.3. The zero-order valence-corrected chi connectivity index (χ0v) is 14.9. The van der Waals surface area contributed by atoms with Crippen LogP contribution in [0.25, 0.3) is 0 Å². The van der Waals surface area contributed by atoms with Crippen molar-refractivity contribution in [3.8, 4) is 11.6 Å². The molecule has 2 nitrogen and oxygen atoms in total. The molecule has 0 unspecified atom stereocenters. The minimum Gasteiger partial charge on any atom is -0.438 e. The van der Waals surface area contributed by atoms with Crippen LogP contribution >= 0.6 is 15.9 Å². The molecule has 1 aromatic carbocycles. The first-order chi connectivity index (χ1) is 9.81. The lowest BCUT2D eigenvalue weighted by atomic mass is 9.86. The van der Waals surface area contributed by atoms with Crippen LogP contribution in [0.1, 0.15) is 43.0 Å². The maximum absolute atomic E-state index is 5.98. The lowest BCUT2D eigenvalue weighted by molar-refractivity contribution is 0.454. The van der Waals surface area contributed by atoms with Gasteiger partial charge >= 0.3 is 0 Å². The monoisotopic (exact) mass is 347 g/mol. The zero-order chi connectivity index (χ0) is 15.6. The number of hydrogen-bond donors (Lipinski definition) is 0. The molecule has 0 radical (unpaired) electrons. The largest absolute Gasteiger partial charge is 0.438 e. The molecular formula is C18H22BrNO. The van der Waals surface area contributed by atoms with E-state index in [1.807, 2.05) is 19.2 Å². The van der Waals surface area contributed by atoms with E-state index in [0.717, 1.165) is 27.8 Å². The number of nitrogens with zero attached hydrogens (tertiary/aromatic N) is 1. The van der Waals surface area contributed by atoms with Crippen LogP contribution in [0.4, 0.5) is 0 Å². The van der Waals surface area contributed by atoms with Crippen molar-refractivity contribution in [2.75, 3.05) is 0 Å². The van der Waals surface area contributed by atoms with Gasteiger partial charge in [-0.25, -0.2) is 4.98 Å². The fourth-order valence-electron chi connectivity index (χ4n) is 2.13. The predicted molar refractivity (Wildman–Crippen MR) is 91.6 cm³/mol. The highest BCUT2D eigenvalue weighted by Crippen LogP contribution is 2.31. The lowest BCUT2D eigenvalue weighted by Gasteiger charge is -2.20. The molecule has 0 amide bonds. The first kappa shape index (κ1) is 16.0. The Morgan fingerprint density at radius 1 is 1.10 bits per heavy atom. The van der Waals surface area contributed by atoms with Gasteiger partial charge in [0.1, 0.15) is 5.75 Å². The molecule has 2 rings (SSSR count). The van der Waals surface area contributed by atoms with Crippen molar-refractivity contribution in [3.63, 3.8) is 0 Å². The topological polar surface area (TPSA) is 22.1 Å². The molecule has 1 heterocycles. The van der Waals surface area contributed by atoms with Crippen molar-refractivity contribution in [1.29, 1.82) is 0 Å². The second-order valence-electron chi connectivity index (χ2n) is 6.43. The maximum atomic E-state index is 5.98. The summed E-state index contributed by atoms with van der Waals surface area (Å²) in [7, 11) is 0. The van der Waals surface area contributed by atoms with Gasteiger partial charge in [0.25, 0.3) is 0 Å². The molecule has 1 aromatic heterocycles. The highest BCUT2D eigenvalue weighted by atomic mass is 79.9. The summed E-state index contributed by atoms with van der Waals surface area (Å²) in [6, 6.07) is 8.45. The Morgan fingerprint density at radius 3 is 2.33 bits per heavy atom. The van der Waals surface area contributed by atoms with E-state index < -0.39 is 0 Å². The summed E-state index contributed by atoms with van der Waals surface area (Å²) >= 11 is 3.44. The highest BCUT2D eigenvalue weighted by Gasteiger charge is 2.15. The molecule has 0 aliphatic rings. The minimum atomic E-state index is 0.148. The highest BCUT2D eigenvalue weighted by molar-refractivity contribution is 9.08. The second-order valence-corrected chi connectivity index (χ2v) is 6.99. The number of rotatable bonds is 3. The maximum Gasteiger partial charge on any atom is 0.222 e. The predicted octanol–water partition coefficient (Wildman–Crippen LogP) is 5.68. The molecule has 0 saturated carbocycles. The van der Waals surface area contributed by atoms with Crippen LogP contribution in [0, 0.1) is 13.8 Å². The van der Waals surface area contributed by atoms with Gasteiger partial charge < -0.3 is 4.74 Å². The minimum absolute atomic E-state index is 0.148. The molecule has 21 heavy (non-hydrogen) atoms. The second kappa shape index (κ2) is 6.18. The van der Waals surface area contributed by atoms with Gasteiger partial charge in [-0.3, -0.25) is 0 Å². The Hall–Kier alpha value is -1.35. The lowest BCUT2D eigenvalue weighted by Crippen LogP contribution is -2.11. The van der Waals surface area contributed by atoms with Gasteiger partial charge in [0.2, 0.25) is 5.88 Å². The van der Waals surface area contributed by atoms with E-state index in [4.69, 9.17) is 4.74 Å². The average Bonchev–Trinajstić information content (AvgIpc) is 2.41. The first-order valence-corrected chi connectivity index (χ1v) is 8.24. The number of aryl methyl sites for hydroxylation is 2. The van der Waals surface area contributed by atoms with Crippen molar-refractivity contribution in [1.82, 2.24) is 4.98 Å². The van der Waals surface area contributed by atoms with Crippen molar-refractivity contribution >= 4 is 15.9 Å². The van der Waals surface area contributed by atoms with Gasteiger partial charge in [0.15, 0.2) is 0 Å². The van der Waals surface area contributed by atoms with Gasteiger partial charge in [-0.1, -0.05) is 48.8 Å². The molecule has 0 aliphatic carbocycles. The third kappa shape index (κ3) is 3.85. The summed E-state index contributed by atoms with van der Waals surface area (Å²) < 4.78 is 5.98. The van der Waals surface area contributed by atoms with E-state index in [1.165, 1.54) is 5.56 Å². The summed E-state index contributed by atoms with van der Waals surface area (Å²) in [5, 5.41) is 0.806. The molecule has 0 spiro atoms. The van der Waals surface area contributed by atoms with Gasteiger partial charge in [-0.2, -0.15) is 0 Å². The molecule has 0 fully saturated rings. The number of aromatic nitrogens is 1. The third-order valence-corrected chi connectivity index (χ3v) is 4.14. The van der Waals surface area contributed by atoms with Crippen LogP contribution < -0.4 is 4.74 Å². The molecule has 0 atom stereocenters. The van der Waals surface area contributed by atoms with E-state index in [2.05, 4.69) is 66.8 Å². The Bertz CT molecular complexity index is 644. The Labute approximate surface area is 135 Å². The van der Waals surface area contributed by atoms with E-state index >= 15 is 0 Å². The molecule has 0 saturated heterocycles. The van der Waals surface area contributed by atoms with Crippen molar-refractivity contribution < 1.29 is 4.74 Å². The molecule has 0 bridgehead atoms. The Balaban J connectivity index is 2.28. The number of ether oxygens (including phenoxy) is 1. The fourth-order valence-corrected chi connectivity index (χ4v) is 2.44. The molecule has 0 aliphatic heterocycles. The SMILES string of the molecule is Cc1cc(C(C)(C)C)ccc1Oc1ncc(CBr)cc1C. The fraction of sp³-hybridized carbons (Fsp3) is 0.389. The summed E-state index contributed by atoms with van der Waals surface area (Å²) in [4.78, 5) is 4.40. The first-order valence-electron chi connectivity index (χ1n) is 7.11. The number of pyridine rings is 1. The van der Waals surface area contributed by atoms with Gasteiger partial charge in [-0.15, -0.1) is 0 Å². The number of hydrogen-bond acceptors (Lipinski definition) is 2. The van der Waals surface area contributed by atoms with E-state index in [9.17, 15) is 0 Å². The van der Waals surface area contributed by atoms with Gasteiger partial charge in [0, 0.05) is 17.1 Å². The third-order valence-electron chi connectivity index (χ3n) is 3.49. The quantitative estimate of drug-likeness (QED) is 0.666. The summed E-state index contributed by atoms with van der Waals surface area (Å²) in [5.74, 6) is 1.54. The van der Waals surface area contributed by atoms with Crippen molar-refractivity contribution in [2.24, 2.45) is 0 Å². The standard InChI is InChI=1S/C18H22BrNO/c1-12-9-15(18(3,4)5)6-7-16(12)21-17-13(2)8-14(10-19)11-20-17/h6-9,11H,10H2,1-5H3. The van der Waals surface area contributed by atoms with E-state index in [1.54, 1.807) is 0 Å². The summed E-state index contributed by atoms with van der Waals surface area (Å²) in [5.41, 5.74) is 4.79. The Kier molecular flexibility index (Phi) is 4.72. The number of benzene rings is 1. The summed E-state index contributed by atoms with van der Waals surface area (Å²) in [6.45, 7) is 10.7. The van der Waals surface area contributed by atoms with Crippen LogP contribution in [0.15, 0.2) is 30.5 Å². The van der Waals surface area contributed by atoms with E-state index in [0.29, 0.717) is 5.88 Å². The number of halogens is 1. The molecule has 0 N–H and O–H groups in total. The average molecular weight is 348 g/mol.